The first-order chi connectivity index (χ1) is 17.8. The molecule has 7 heteroatoms. The number of amides is 1. The Hall–Kier alpha value is -4.39. The molecule has 1 atom stereocenters. The maximum absolute atomic E-state index is 13.3. The van der Waals surface area contributed by atoms with Crippen molar-refractivity contribution in [2.45, 2.75) is 39.3 Å². The summed E-state index contributed by atoms with van der Waals surface area (Å²) >= 11 is 0. The largest absolute Gasteiger partial charge is 0.507 e. The average Bonchev–Trinajstić information content (AvgIpc) is 3.15. The molecule has 0 saturated carbocycles. The second kappa shape index (κ2) is 11.1. The molecular weight excluding hydrogens is 470 g/mol. The van der Waals surface area contributed by atoms with E-state index in [0.29, 0.717) is 29.2 Å². The van der Waals surface area contributed by atoms with Crippen LogP contribution >= 0.6 is 0 Å². The minimum absolute atomic E-state index is 0.00602. The van der Waals surface area contributed by atoms with Gasteiger partial charge in [-0.2, -0.15) is 0 Å². The Balaban J connectivity index is 1.78. The fourth-order valence-electron chi connectivity index (χ4n) is 4.35. The minimum Gasteiger partial charge on any atom is -0.507 e. The fourth-order valence-corrected chi connectivity index (χ4v) is 4.35. The molecule has 0 aliphatic carbocycles. The van der Waals surface area contributed by atoms with Gasteiger partial charge < -0.3 is 14.6 Å². The monoisotopic (exact) mass is 499 g/mol. The quantitative estimate of drug-likeness (QED) is 0.198. The molecule has 3 aromatic rings. The standard InChI is InChI=1S/C30H29NO6/c1-4-36-25(32)17-20-13-15-23(16-14-20)31-27(21-9-6-5-7-10-21)26(29(34)30(31)35)28(33)22-11-8-12-24(18-22)37-19(2)3/h5-16,18-19,27,33H,4,17H2,1-3H3/b28-26-. The van der Waals surface area contributed by atoms with Crippen LogP contribution in [0.3, 0.4) is 0 Å². The number of carbonyl (C=O) groups is 3. The van der Waals surface area contributed by atoms with Crippen LogP contribution in [0.25, 0.3) is 5.76 Å². The van der Waals surface area contributed by atoms with E-state index in [1.807, 2.05) is 44.2 Å². The Morgan fingerprint density at radius 2 is 1.68 bits per heavy atom. The van der Waals surface area contributed by atoms with Crippen LogP contribution in [0.1, 0.15) is 43.5 Å². The number of Topliss-reactive ketones (excluding diaryl/α,β-unsaturated/α-hetero) is 1. The first-order valence-electron chi connectivity index (χ1n) is 12.2. The molecule has 0 aromatic heterocycles. The van der Waals surface area contributed by atoms with Gasteiger partial charge >= 0.3 is 5.97 Å². The number of aliphatic hydroxyl groups is 1. The molecule has 3 aromatic carbocycles. The van der Waals surface area contributed by atoms with Gasteiger partial charge in [0, 0.05) is 11.3 Å². The summed E-state index contributed by atoms with van der Waals surface area (Å²) in [5, 5.41) is 11.3. The second-order valence-electron chi connectivity index (χ2n) is 8.92. The van der Waals surface area contributed by atoms with E-state index in [9.17, 15) is 19.5 Å². The van der Waals surface area contributed by atoms with Crippen LogP contribution in [0.2, 0.25) is 0 Å². The maximum atomic E-state index is 13.3. The molecule has 7 nitrogen and oxygen atoms in total. The van der Waals surface area contributed by atoms with Gasteiger partial charge in [-0.3, -0.25) is 19.3 Å². The molecule has 1 aliphatic rings. The van der Waals surface area contributed by atoms with Gasteiger partial charge in [0.05, 0.1) is 30.7 Å². The molecule has 0 radical (unpaired) electrons. The van der Waals surface area contributed by atoms with Gasteiger partial charge in [0.25, 0.3) is 11.7 Å². The van der Waals surface area contributed by atoms with Gasteiger partial charge in [-0.05, 0) is 56.2 Å². The maximum Gasteiger partial charge on any atom is 0.310 e. The number of hydrogen-bond donors (Lipinski definition) is 1. The Kier molecular flexibility index (Phi) is 7.72. The van der Waals surface area contributed by atoms with Crippen LogP contribution in [0.15, 0.2) is 84.4 Å². The smallest absolute Gasteiger partial charge is 0.310 e. The zero-order chi connectivity index (χ0) is 26.5. The van der Waals surface area contributed by atoms with Gasteiger partial charge in [0.15, 0.2) is 0 Å². The van der Waals surface area contributed by atoms with Gasteiger partial charge in [-0.1, -0.05) is 54.6 Å². The predicted octanol–water partition coefficient (Wildman–Crippen LogP) is 5.21. The number of anilines is 1. The van der Waals surface area contributed by atoms with E-state index in [1.54, 1.807) is 55.5 Å². The Labute approximate surface area is 215 Å². The molecule has 1 fully saturated rings. The third kappa shape index (κ3) is 5.56. The zero-order valence-electron chi connectivity index (χ0n) is 21.0. The number of esters is 1. The molecule has 190 valence electrons. The van der Waals surface area contributed by atoms with E-state index in [0.717, 1.165) is 5.56 Å². The molecule has 1 aliphatic heterocycles. The normalized spacial score (nSPS) is 16.8. The highest BCUT2D eigenvalue weighted by Crippen LogP contribution is 2.42. The number of nitrogens with zero attached hydrogens (tertiary/aromatic N) is 1. The van der Waals surface area contributed by atoms with Crippen LogP contribution < -0.4 is 9.64 Å². The number of aliphatic hydroxyl groups excluding tert-OH is 1. The number of ether oxygens (including phenoxy) is 2. The second-order valence-corrected chi connectivity index (χ2v) is 8.92. The third-order valence-electron chi connectivity index (χ3n) is 5.91. The summed E-state index contributed by atoms with van der Waals surface area (Å²) in [6.07, 6.45) is 0.0308. The molecule has 1 heterocycles. The fraction of sp³-hybridized carbons (Fsp3) is 0.233. The Morgan fingerprint density at radius 1 is 0.973 bits per heavy atom. The molecule has 1 unspecified atom stereocenters. The number of hydrogen-bond acceptors (Lipinski definition) is 6. The Morgan fingerprint density at radius 3 is 2.32 bits per heavy atom. The first kappa shape index (κ1) is 25.7. The lowest BCUT2D eigenvalue weighted by Gasteiger charge is -2.25. The first-order valence-corrected chi connectivity index (χ1v) is 12.2. The molecule has 1 amide bonds. The molecule has 37 heavy (non-hydrogen) atoms. The summed E-state index contributed by atoms with van der Waals surface area (Å²) in [5.41, 5.74) is 2.24. The number of benzene rings is 3. The van der Waals surface area contributed by atoms with Crippen LogP contribution in [0, 0.1) is 0 Å². The van der Waals surface area contributed by atoms with Crippen LogP contribution in [0.4, 0.5) is 5.69 Å². The summed E-state index contributed by atoms with van der Waals surface area (Å²) in [5.74, 6) is -1.60. The lowest BCUT2D eigenvalue weighted by atomic mass is 9.95. The van der Waals surface area contributed by atoms with Crippen molar-refractivity contribution in [2.24, 2.45) is 0 Å². The summed E-state index contributed by atoms with van der Waals surface area (Å²) in [6.45, 7) is 5.83. The average molecular weight is 500 g/mol. The van der Waals surface area contributed by atoms with Gasteiger partial charge in [-0.25, -0.2) is 0 Å². The molecule has 0 bridgehead atoms. The summed E-state index contributed by atoms with van der Waals surface area (Å²) < 4.78 is 10.7. The summed E-state index contributed by atoms with van der Waals surface area (Å²) in [7, 11) is 0. The predicted molar refractivity (Wildman–Crippen MR) is 140 cm³/mol. The van der Waals surface area contributed by atoms with Crippen molar-refractivity contribution in [3.05, 3.63) is 101 Å². The molecular formula is C30H29NO6. The van der Waals surface area contributed by atoms with Gasteiger partial charge in [0.1, 0.15) is 11.5 Å². The van der Waals surface area contributed by atoms with Crippen LogP contribution in [-0.4, -0.2) is 35.5 Å². The van der Waals surface area contributed by atoms with Crippen molar-refractivity contribution < 1.29 is 29.0 Å². The molecule has 4 rings (SSSR count). The summed E-state index contributed by atoms with van der Waals surface area (Å²) in [4.78, 5) is 39.9. The van der Waals surface area contributed by atoms with Crippen molar-refractivity contribution in [2.75, 3.05) is 11.5 Å². The van der Waals surface area contributed by atoms with Crippen LogP contribution in [-0.2, 0) is 25.5 Å². The molecule has 1 saturated heterocycles. The third-order valence-corrected chi connectivity index (χ3v) is 5.91. The number of carbonyl (C=O) groups excluding carboxylic acids is 3. The van der Waals surface area contributed by atoms with Crippen molar-refractivity contribution in [3.63, 3.8) is 0 Å². The SMILES string of the molecule is CCOC(=O)Cc1ccc(N2C(=O)C(=O)/C(=C(\O)c3cccc(OC(C)C)c3)C2c2ccccc2)cc1. The highest BCUT2D eigenvalue weighted by Gasteiger charge is 2.46. The summed E-state index contributed by atoms with van der Waals surface area (Å²) in [6, 6.07) is 21.9. The highest BCUT2D eigenvalue weighted by molar-refractivity contribution is 6.51. The minimum atomic E-state index is -0.841. The van der Waals surface area contributed by atoms with Crippen LogP contribution in [0.5, 0.6) is 5.75 Å². The lowest BCUT2D eigenvalue weighted by molar-refractivity contribution is -0.142. The highest BCUT2D eigenvalue weighted by atomic mass is 16.5. The lowest BCUT2D eigenvalue weighted by Crippen LogP contribution is -2.29. The number of rotatable bonds is 8. The van der Waals surface area contributed by atoms with Crippen molar-refractivity contribution in [1.29, 1.82) is 0 Å². The van der Waals surface area contributed by atoms with Crippen molar-refractivity contribution in [3.8, 4) is 5.75 Å². The van der Waals surface area contributed by atoms with Gasteiger partial charge in [-0.15, -0.1) is 0 Å². The van der Waals surface area contributed by atoms with E-state index >= 15 is 0 Å². The van der Waals surface area contributed by atoms with E-state index in [-0.39, 0.29) is 29.8 Å². The Bertz CT molecular complexity index is 1330. The van der Waals surface area contributed by atoms with E-state index < -0.39 is 17.7 Å². The van der Waals surface area contributed by atoms with E-state index in [2.05, 4.69) is 0 Å². The molecule has 0 spiro atoms. The topological polar surface area (TPSA) is 93.1 Å². The van der Waals surface area contributed by atoms with Crippen molar-refractivity contribution in [1.82, 2.24) is 0 Å². The molecule has 1 N–H and O–H groups in total. The van der Waals surface area contributed by atoms with Gasteiger partial charge in [0.2, 0.25) is 0 Å². The number of ketones is 1. The zero-order valence-corrected chi connectivity index (χ0v) is 21.0. The van der Waals surface area contributed by atoms with E-state index in [4.69, 9.17) is 9.47 Å². The van der Waals surface area contributed by atoms with Crippen molar-refractivity contribution >= 4 is 29.1 Å². The van der Waals surface area contributed by atoms with E-state index in [1.165, 1.54) is 4.90 Å².